The average molecular weight is 502 g/mol. The van der Waals surface area contributed by atoms with Crippen LogP contribution in [-0.2, 0) is 22.6 Å². The molecule has 1 fully saturated rings. The highest BCUT2D eigenvalue weighted by atomic mass is 16.5. The number of benzene rings is 2. The molecule has 2 aliphatic heterocycles. The van der Waals surface area contributed by atoms with E-state index in [2.05, 4.69) is 6.92 Å². The summed E-state index contributed by atoms with van der Waals surface area (Å²) in [7, 11) is 0. The zero-order valence-corrected chi connectivity index (χ0v) is 21.1. The standard InChI is InChI=1S/C30H31NO6/c1-3-4-5-13-35-23-9-6-8-20(17-23)27-26(29(33)30(34)31(27)18-24-10-7-14-36-24)28(32)21-11-12-25-22(16-21)15-19(2)37-25/h6-12,14,16-17,19,27,32H,3-5,13,15,18H2,1-2H3/b28-26+. The Morgan fingerprint density at radius 2 is 1.97 bits per heavy atom. The molecule has 1 N–H and O–H groups in total. The molecule has 3 heterocycles. The number of aliphatic hydroxyl groups is 1. The number of fused-ring (bicyclic) bond motifs is 1. The van der Waals surface area contributed by atoms with E-state index in [-0.39, 0.29) is 24.0 Å². The number of amides is 1. The van der Waals surface area contributed by atoms with Crippen molar-refractivity contribution in [2.24, 2.45) is 0 Å². The molecule has 0 radical (unpaired) electrons. The van der Waals surface area contributed by atoms with Crippen LogP contribution in [0.15, 0.2) is 70.9 Å². The minimum absolute atomic E-state index is 0.0475. The second-order valence-corrected chi connectivity index (χ2v) is 9.59. The van der Waals surface area contributed by atoms with Crippen molar-refractivity contribution < 1.29 is 28.6 Å². The molecule has 0 spiro atoms. The lowest BCUT2D eigenvalue weighted by Gasteiger charge is -2.25. The zero-order chi connectivity index (χ0) is 25.9. The van der Waals surface area contributed by atoms with Gasteiger partial charge in [0.1, 0.15) is 29.1 Å². The predicted molar refractivity (Wildman–Crippen MR) is 138 cm³/mol. The van der Waals surface area contributed by atoms with Gasteiger partial charge in [-0.05, 0) is 66.9 Å². The number of ketones is 1. The summed E-state index contributed by atoms with van der Waals surface area (Å²) in [6.07, 6.45) is 5.40. The lowest BCUT2D eigenvalue weighted by Crippen LogP contribution is -2.29. The Morgan fingerprint density at radius 3 is 2.76 bits per heavy atom. The summed E-state index contributed by atoms with van der Waals surface area (Å²) >= 11 is 0. The second kappa shape index (κ2) is 10.5. The van der Waals surface area contributed by atoms with Gasteiger partial charge in [0.05, 0.1) is 31.0 Å². The molecule has 37 heavy (non-hydrogen) atoms. The first kappa shape index (κ1) is 24.7. The molecule has 0 bridgehead atoms. The van der Waals surface area contributed by atoms with Crippen LogP contribution in [0.1, 0.15) is 61.6 Å². The number of Topliss-reactive ketones (excluding diaryl/α,β-unsaturated/α-hetero) is 1. The summed E-state index contributed by atoms with van der Waals surface area (Å²) in [5, 5.41) is 11.4. The molecule has 2 aromatic carbocycles. The molecule has 0 aliphatic carbocycles. The second-order valence-electron chi connectivity index (χ2n) is 9.59. The van der Waals surface area contributed by atoms with E-state index in [1.54, 1.807) is 24.3 Å². The highest BCUT2D eigenvalue weighted by molar-refractivity contribution is 6.46. The number of hydrogen-bond acceptors (Lipinski definition) is 6. The number of hydrogen-bond donors (Lipinski definition) is 1. The van der Waals surface area contributed by atoms with Gasteiger partial charge in [0.15, 0.2) is 0 Å². The van der Waals surface area contributed by atoms with Gasteiger partial charge in [-0.15, -0.1) is 0 Å². The van der Waals surface area contributed by atoms with Gasteiger partial charge in [-0.25, -0.2) is 0 Å². The summed E-state index contributed by atoms with van der Waals surface area (Å²) in [6, 6.07) is 15.4. The van der Waals surface area contributed by atoms with Crippen LogP contribution in [-0.4, -0.2) is 34.4 Å². The number of aliphatic hydroxyl groups excluding tert-OH is 1. The predicted octanol–water partition coefficient (Wildman–Crippen LogP) is 5.79. The minimum atomic E-state index is -0.798. The fraction of sp³-hybridized carbons (Fsp3) is 0.333. The average Bonchev–Trinajstić information content (AvgIpc) is 3.60. The first-order valence-corrected chi connectivity index (χ1v) is 12.8. The van der Waals surface area contributed by atoms with Crippen molar-refractivity contribution in [3.63, 3.8) is 0 Å². The third kappa shape index (κ3) is 4.99. The topological polar surface area (TPSA) is 89.2 Å². The van der Waals surface area contributed by atoms with E-state index < -0.39 is 17.7 Å². The number of furan rings is 1. The van der Waals surface area contributed by atoms with E-state index in [0.29, 0.717) is 35.7 Å². The van der Waals surface area contributed by atoms with Crippen LogP contribution in [0.2, 0.25) is 0 Å². The summed E-state index contributed by atoms with van der Waals surface area (Å²) in [6.45, 7) is 4.80. The van der Waals surface area contributed by atoms with Crippen LogP contribution in [0.3, 0.4) is 0 Å². The minimum Gasteiger partial charge on any atom is -0.507 e. The van der Waals surface area contributed by atoms with Crippen molar-refractivity contribution >= 4 is 17.4 Å². The van der Waals surface area contributed by atoms with Gasteiger partial charge in [0.25, 0.3) is 11.7 Å². The van der Waals surface area contributed by atoms with E-state index in [9.17, 15) is 14.7 Å². The third-order valence-electron chi connectivity index (χ3n) is 6.81. The number of likely N-dealkylation sites (tertiary alicyclic amines) is 1. The fourth-order valence-electron chi connectivity index (χ4n) is 5.00. The molecule has 2 unspecified atom stereocenters. The molecule has 3 aromatic rings. The summed E-state index contributed by atoms with van der Waals surface area (Å²) in [4.78, 5) is 28.1. The van der Waals surface area contributed by atoms with Gasteiger partial charge in [-0.2, -0.15) is 0 Å². The SMILES string of the molecule is CCCCCOc1cccc(C2/C(=C(\O)c3ccc4c(c3)CC(C)O4)C(=O)C(=O)N2Cc2ccco2)c1. The molecule has 2 atom stereocenters. The fourth-order valence-corrected chi connectivity index (χ4v) is 5.00. The van der Waals surface area contributed by atoms with Gasteiger partial charge < -0.3 is 23.9 Å². The Labute approximate surface area is 216 Å². The highest BCUT2D eigenvalue weighted by Gasteiger charge is 2.46. The quantitative estimate of drug-likeness (QED) is 0.173. The van der Waals surface area contributed by atoms with Gasteiger partial charge >= 0.3 is 0 Å². The van der Waals surface area contributed by atoms with Crippen molar-refractivity contribution in [2.75, 3.05) is 6.61 Å². The molecule has 7 nitrogen and oxygen atoms in total. The Balaban J connectivity index is 1.56. The molecule has 5 rings (SSSR count). The lowest BCUT2D eigenvalue weighted by atomic mass is 9.94. The van der Waals surface area contributed by atoms with E-state index in [1.165, 1.54) is 11.2 Å². The van der Waals surface area contributed by atoms with Crippen molar-refractivity contribution in [1.29, 1.82) is 0 Å². The van der Waals surface area contributed by atoms with Crippen LogP contribution in [0.25, 0.3) is 5.76 Å². The van der Waals surface area contributed by atoms with E-state index in [0.717, 1.165) is 30.6 Å². The Bertz CT molecular complexity index is 1330. The molecule has 0 saturated carbocycles. The van der Waals surface area contributed by atoms with Crippen molar-refractivity contribution in [3.8, 4) is 11.5 Å². The zero-order valence-electron chi connectivity index (χ0n) is 21.1. The van der Waals surface area contributed by atoms with Crippen molar-refractivity contribution in [1.82, 2.24) is 4.90 Å². The smallest absolute Gasteiger partial charge is 0.296 e. The van der Waals surface area contributed by atoms with Gasteiger partial charge in [-0.1, -0.05) is 31.9 Å². The van der Waals surface area contributed by atoms with Gasteiger partial charge in [0.2, 0.25) is 0 Å². The summed E-state index contributed by atoms with van der Waals surface area (Å²) in [5.74, 6) is 0.348. The maximum atomic E-state index is 13.4. The number of carbonyl (C=O) groups excluding carboxylic acids is 2. The van der Waals surface area contributed by atoms with Gasteiger partial charge in [0, 0.05) is 12.0 Å². The number of rotatable bonds is 9. The van der Waals surface area contributed by atoms with E-state index >= 15 is 0 Å². The molecular formula is C30H31NO6. The van der Waals surface area contributed by atoms with Crippen LogP contribution < -0.4 is 9.47 Å². The maximum absolute atomic E-state index is 13.4. The number of ether oxygens (including phenoxy) is 2. The lowest BCUT2D eigenvalue weighted by molar-refractivity contribution is -0.140. The molecular weight excluding hydrogens is 470 g/mol. The van der Waals surface area contributed by atoms with Gasteiger partial charge in [-0.3, -0.25) is 9.59 Å². The molecule has 7 heteroatoms. The molecule has 192 valence electrons. The number of unbranched alkanes of at least 4 members (excludes halogenated alkanes) is 2. The van der Waals surface area contributed by atoms with Crippen molar-refractivity contribution in [3.05, 3.63) is 88.9 Å². The molecule has 2 aliphatic rings. The van der Waals surface area contributed by atoms with E-state index in [1.807, 2.05) is 37.3 Å². The Morgan fingerprint density at radius 1 is 1.11 bits per heavy atom. The Kier molecular flexibility index (Phi) is 7.04. The Hall–Kier alpha value is -4.00. The van der Waals surface area contributed by atoms with E-state index in [4.69, 9.17) is 13.9 Å². The van der Waals surface area contributed by atoms with Crippen LogP contribution in [0, 0.1) is 0 Å². The first-order chi connectivity index (χ1) is 18.0. The summed E-state index contributed by atoms with van der Waals surface area (Å²) < 4.78 is 17.2. The molecule has 1 aromatic heterocycles. The van der Waals surface area contributed by atoms with Crippen LogP contribution >= 0.6 is 0 Å². The van der Waals surface area contributed by atoms with Crippen LogP contribution in [0.5, 0.6) is 11.5 Å². The molecule has 1 amide bonds. The monoisotopic (exact) mass is 501 g/mol. The first-order valence-electron chi connectivity index (χ1n) is 12.8. The number of nitrogens with zero attached hydrogens (tertiary/aromatic N) is 1. The number of carbonyl (C=O) groups is 2. The molecule has 1 saturated heterocycles. The van der Waals surface area contributed by atoms with Crippen molar-refractivity contribution in [2.45, 2.75) is 58.2 Å². The third-order valence-corrected chi connectivity index (χ3v) is 6.81. The summed E-state index contributed by atoms with van der Waals surface area (Å²) in [5.41, 5.74) is 2.16. The van der Waals surface area contributed by atoms with Crippen LogP contribution in [0.4, 0.5) is 0 Å². The highest BCUT2D eigenvalue weighted by Crippen LogP contribution is 2.42. The maximum Gasteiger partial charge on any atom is 0.296 e. The largest absolute Gasteiger partial charge is 0.507 e. The normalized spacial score (nSPS) is 20.2.